The lowest BCUT2D eigenvalue weighted by Crippen LogP contribution is -2.40. The number of benzene rings is 1. The van der Waals surface area contributed by atoms with Crippen LogP contribution < -0.4 is 10.1 Å². The van der Waals surface area contributed by atoms with Gasteiger partial charge in [-0.05, 0) is 37.0 Å². The van der Waals surface area contributed by atoms with Gasteiger partial charge in [-0.25, -0.2) is 0 Å². The average Bonchev–Trinajstić information content (AvgIpc) is 2.94. The van der Waals surface area contributed by atoms with Crippen LogP contribution in [0.4, 0.5) is 8.78 Å². The highest BCUT2D eigenvalue weighted by atomic mass is 19.3. The SMILES string of the molecule is O=C(CCc1ccc(OC(F)F)cc1)N[C@H]1CCC[C@H]1C(=O)O. The molecule has 0 spiro atoms. The molecule has 7 heteroatoms. The van der Waals surface area contributed by atoms with Crippen LogP contribution in [0.3, 0.4) is 0 Å². The summed E-state index contributed by atoms with van der Waals surface area (Å²) in [6.07, 6.45) is 2.74. The predicted molar refractivity (Wildman–Crippen MR) is 78.3 cm³/mol. The molecular weight excluding hydrogens is 308 g/mol. The lowest BCUT2D eigenvalue weighted by Gasteiger charge is -2.17. The summed E-state index contributed by atoms with van der Waals surface area (Å²) < 4.78 is 28.3. The van der Waals surface area contributed by atoms with Gasteiger partial charge in [0.15, 0.2) is 0 Å². The van der Waals surface area contributed by atoms with Gasteiger partial charge in [0, 0.05) is 12.5 Å². The monoisotopic (exact) mass is 327 g/mol. The van der Waals surface area contributed by atoms with Crippen molar-refractivity contribution in [1.82, 2.24) is 5.32 Å². The Morgan fingerprint density at radius 3 is 2.57 bits per heavy atom. The van der Waals surface area contributed by atoms with Crippen LogP contribution in [0.25, 0.3) is 0 Å². The highest BCUT2D eigenvalue weighted by molar-refractivity contribution is 5.78. The zero-order valence-electron chi connectivity index (χ0n) is 12.5. The molecule has 0 aliphatic heterocycles. The van der Waals surface area contributed by atoms with Crippen LogP contribution in [-0.2, 0) is 16.0 Å². The first-order chi connectivity index (χ1) is 11.0. The van der Waals surface area contributed by atoms with E-state index >= 15 is 0 Å². The predicted octanol–water partition coefficient (Wildman–Crippen LogP) is 2.59. The fraction of sp³-hybridized carbons (Fsp3) is 0.500. The zero-order chi connectivity index (χ0) is 16.8. The number of rotatable bonds is 7. The Bertz CT molecular complexity index is 548. The van der Waals surface area contributed by atoms with E-state index in [0.29, 0.717) is 19.3 Å². The Hall–Kier alpha value is -2.18. The fourth-order valence-electron chi connectivity index (χ4n) is 2.80. The summed E-state index contributed by atoms with van der Waals surface area (Å²) in [7, 11) is 0. The third kappa shape index (κ3) is 5.19. The number of aryl methyl sites for hydroxylation is 1. The number of carbonyl (C=O) groups is 2. The van der Waals surface area contributed by atoms with Crippen molar-refractivity contribution in [2.45, 2.75) is 44.8 Å². The second kappa shape index (κ2) is 7.89. The number of carboxylic acid groups (broad SMARTS) is 1. The van der Waals surface area contributed by atoms with Gasteiger partial charge in [-0.15, -0.1) is 0 Å². The molecule has 1 aliphatic rings. The molecule has 1 amide bonds. The second-order valence-electron chi connectivity index (χ2n) is 5.57. The van der Waals surface area contributed by atoms with Crippen LogP contribution in [0.2, 0.25) is 0 Å². The van der Waals surface area contributed by atoms with E-state index < -0.39 is 18.5 Å². The zero-order valence-corrected chi connectivity index (χ0v) is 12.5. The van der Waals surface area contributed by atoms with Crippen molar-refractivity contribution in [3.8, 4) is 5.75 Å². The molecule has 1 fully saturated rings. The molecule has 1 saturated carbocycles. The van der Waals surface area contributed by atoms with Gasteiger partial charge in [-0.3, -0.25) is 9.59 Å². The van der Waals surface area contributed by atoms with Gasteiger partial charge < -0.3 is 15.2 Å². The molecule has 2 atom stereocenters. The lowest BCUT2D eigenvalue weighted by atomic mass is 10.0. The molecule has 23 heavy (non-hydrogen) atoms. The molecule has 1 aromatic rings. The van der Waals surface area contributed by atoms with Gasteiger partial charge in [0.05, 0.1) is 5.92 Å². The minimum absolute atomic E-state index is 0.0726. The summed E-state index contributed by atoms with van der Waals surface area (Å²) in [5, 5.41) is 11.9. The smallest absolute Gasteiger partial charge is 0.387 e. The molecule has 0 aromatic heterocycles. The Morgan fingerprint density at radius 2 is 1.96 bits per heavy atom. The van der Waals surface area contributed by atoms with Crippen LogP contribution in [0, 0.1) is 5.92 Å². The summed E-state index contributed by atoms with van der Waals surface area (Å²) in [4.78, 5) is 23.0. The van der Waals surface area contributed by atoms with E-state index in [1.165, 1.54) is 12.1 Å². The molecule has 0 saturated heterocycles. The number of carboxylic acids is 1. The third-order valence-corrected chi connectivity index (χ3v) is 3.97. The molecule has 126 valence electrons. The molecular formula is C16H19F2NO4. The van der Waals surface area contributed by atoms with Crippen LogP contribution >= 0.6 is 0 Å². The van der Waals surface area contributed by atoms with Crippen molar-refractivity contribution in [3.05, 3.63) is 29.8 Å². The van der Waals surface area contributed by atoms with E-state index in [1.807, 2.05) is 0 Å². The first-order valence-electron chi connectivity index (χ1n) is 7.51. The number of carbonyl (C=O) groups excluding carboxylic acids is 1. The average molecular weight is 327 g/mol. The lowest BCUT2D eigenvalue weighted by molar-refractivity contribution is -0.142. The number of halogens is 2. The Labute approximate surface area is 132 Å². The van der Waals surface area contributed by atoms with Gasteiger partial charge in [0.25, 0.3) is 0 Å². The number of alkyl halides is 2. The number of ether oxygens (including phenoxy) is 1. The molecule has 0 unspecified atom stereocenters. The van der Waals surface area contributed by atoms with E-state index in [9.17, 15) is 18.4 Å². The van der Waals surface area contributed by atoms with Crippen LogP contribution in [0.1, 0.15) is 31.2 Å². The van der Waals surface area contributed by atoms with Crippen molar-refractivity contribution in [2.75, 3.05) is 0 Å². The van der Waals surface area contributed by atoms with Gasteiger partial charge >= 0.3 is 12.6 Å². The standard InChI is InChI=1S/C16H19F2NO4/c17-16(18)23-11-7-4-10(5-8-11)6-9-14(20)19-13-3-1-2-12(13)15(21)22/h4-5,7-8,12-13,16H,1-3,6,9H2,(H,19,20)(H,21,22)/t12-,13+/m1/s1. The Morgan fingerprint density at radius 1 is 1.26 bits per heavy atom. The molecule has 1 aliphatic carbocycles. The Balaban J connectivity index is 1.79. The number of aliphatic carboxylic acids is 1. The molecule has 0 heterocycles. The summed E-state index contributed by atoms with van der Waals surface area (Å²) in [5.74, 6) is -1.51. The molecule has 5 nitrogen and oxygen atoms in total. The molecule has 2 rings (SSSR count). The summed E-state index contributed by atoms with van der Waals surface area (Å²) in [5.41, 5.74) is 0.822. The molecule has 0 bridgehead atoms. The van der Waals surface area contributed by atoms with Gasteiger partial charge in [0.2, 0.25) is 5.91 Å². The van der Waals surface area contributed by atoms with Gasteiger partial charge in [0.1, 0.15) is 5.75 Å². The minimum Gasteiger partial charge on any atom is -0.481 e. The summed E-state index contributed by atoms with van der Waals surface area (Å²) in [6.45, 7) is -2.86. The van der Waals surface area contributed by atoms with E-state index in [2.05, 4.69) is 10.1 Å². The Kier molecular flexibility index (Phi) is 5.90. The molecule has 1 aromatic carbocycles. The number of nitrogens with one attached hydrogen (secondary N) is 1. The minimum atomic E-state index is -2.86. The second-order valence-corrected chi connectivity index (χ2v) is 5.57. The van der Waals surface area contributed by atoms with E-state index in [0.717, 1.165) is 12.0 Å². The fourth-order valence-corrected chi connectivity index (χ4v) is 2.80. The first-order valence-corrected chi connectivity index (χ1v) is 7.51. The number of hydrogen-bond acceptors (Lipinski definition) is 3. The maximum Gasteiger partial charge on any atom is 0.387 e. The van der Waals surface area contributed by atoms with Crippen molar-refractivity contribution < 1.29 is 28.2 Å². The normalized spacial score (nSPS) is 20.5. The summed E-state index contributed by atoms with van der Waals surface area (Å²) >= 11 is 0. The van der Waals surface area contributed by atoms with Crippen molar-refractivity contribution >= 4 is 11.9 Å². The van der Waals surface area contributed by atoms with Gasteiger partial charge in [-0.1, -0.05) is 18.6 Å². The molecule has 2 N–H and O–H groups in total. The maximum atomic E-state index is 12.0. The van der Waals surface area contributed by atoms with Crippen molar-refractivity contribution in [1.29, 1.82) is 0 Å². The quantitative estimate of drug-likeness (QED) is 0.807. The van der Waals surface area contributed by atoms with Crippen LogP contribution in [0.15, 0.2) is 24.3 Å². The maximum absolute atomic E-state index is 12.0. The first kappa shape index (κ1) is 17.2. The highest BCUT2D eigenvalue weighted by Crippen LogP contribution is 2.26. The van der Waals surface area contributed by atoms with Crippen molar-refractivity contribution in [2.24, 2.45) is 5.92 Å². The topological polar surface area (TPSA) is 75.6 Å². The summed E-state index contributed by atoms with van der Waals surface area (Å²) in [6, 6.07) is 5.80. The third-order valence-electron chi connectivity index (χ3n) is 3.97. The number of hydrogen-bond donors (Lipinski definition) is 2. The van der Waals surface area contributed by atoms with Crippen LogP contribution in [-0.4, -0.2) is 29.6 Å². The molecule has 0 radical (unpaired) electrons. The largest absolute Gasteiger partial charge is 0.481 e. The van der Waals surface area contributed by atoms with E-state index in [1.54, 1.807) is 12.1 Å². The highest BCUT2D eigenvalue weighted by Gasteiger charge is 2.33. The van der Waals surface area contributed by atoms with Gasteiger partial charge in [-0.2, -0.15) is 8.78 Å². The number of amides is 1. The van der Waals surface area contributed by atoms with Crippen LogP contribution in [0.5, 0.6) is 5.75 Å². The van der Waals surface area contributed by atoms with E-state index in [4.69, 9.17) is 5.11 Å². The van der Waals surface area contributed by atoms with Crippen molar-refractivity contribution in [3.63, 3.8) is 0 Å². The van der Waals surface area contributed by atoms with E-state index in [-0.39, 0.29) is 24.1 Å².